The van der Waals surface area contributed by atoms with Gasteiger partial charge >= 0.3 is 5.97 Å². The number of fused-ring (bicyclic) bond motifs is 2. The average molecular weight is 270 g/mol. The van der Waals surface area contributed by atoms with Crippen molar-refractivity contribution in [3.63, 3.8) is 0 Å². The molecule has 0 aliphatic carbocycles. The standard InChI is InChI=1S/C16H18N2O2/c1-10-5-4-6-11-14(16(19)20-3)12-9-18(2)8-7-13(12)17-15(10)11/h4-6H,7-9H2,1-3H3. The number of methoxy groups -OCH3 is 1. The summed E-state index contributed by atoms with van der Waals surface area (Å²) < 4.78 is 5.00. The third-order valence-corrected chi connectivity index (χ3v) is 3.95. The summed E-state index contributed by atoms with van der Waals surface area (Å²) in [4.78, 5) is 19.2. The third-order valence-electron chi connectivity index (χ3n) is 3.95. The fraction of sp³-hybridized carbons (Fsp3) is 0.375. The highest BCUT2D eigenvalue weighted by atomic mass is 16.5. The fourth-order valence-corrected chi connectivity index (χ4v) is 2.88. The van der Waals surface area contributed by atoms with E-state index in [0.29, 0.717) is 5.56 Å². The quantitative estimate of drug-likeness (QED) is 0.746. The van der Waals surface area contributed by atoms with Gasteiger partial charge in [0.15, 0.2) is 0 Å². The lowest BCUT2D eigenvalue weighted by atomic mass is 9.95. The molecule has 3 rings (SSSR count). The second kappa shape index (κ2) is 4.87. The molecule has 0 fully saturated rings. The van der Waals surface area contributed by atoms with Crippen LogP contribution >= 0.6 is 0 Å². The van der Waals surface area contributed by atoms with Gasteiger partial charge in [0.1, 0.15) is 0 Å². The average Bonchev–Trinajstić information content (AvgIpc) is 2.45. The predicted molar refractivity (Wildman–Crippen MR) is 77.9 cm³/mol. The summed E-state index contributed by atoms with van der Waals surface area (Å²) in [5.74, 6) is -0.269. The monoisotopic (exact) mass is 270 g/mol. The molecule has 0 N–H and O–H groups in total. The zero-order valence-electron chi connectivity index (χ0n) is 12.1. The minimum absolute atomic E-state index is 0.269. The number of nitrogens with zero attached hydrogens (tertiary/aromatic N) is 2. The molecule has 4 heteroatoms. The lowest BCUT2D eigenvalue weighted by Gasteiger charge is -2.26. The van der Waals surface area contributed by atoms with Gasteiger partial charge in [-0.05, 0) is 19.5 Å². The number of hydrogen-bond donors (Lipinski definition) is 0. The van der Waals surface area contributed by atoms with Gasteiger partial charge in [-0.3, -0.25) is 4.98 Å². The molecule has 4 nitrogen and oxygen atoms in total. The molecule has 0 atom stereocenters. The van der Waals surface area contributed by atoms with Gasteiger partial charge in [-0.15, -0.1) is 0 Å². The lowest BCUT2D eigenvalue weighted by Crippen LogP contribution is -2.29. The third kappa shape index (κ3) is 1.96. The maximum absolute atomic E-state index is 12.2. The fourth-order valence-electron chi connectivity index (χ4n) is 2.88. The van der Waals surface area contributed by atoms with Crippen LogP contribution in [0.3, 0.4) is 0 Å². The van der Waals surface area contributed by atoms with Crippen molar-refractivity contribution < 1.29 is 9.53 Å². The van der Waals surface area contributed by atoms with E-state index in [-0.39, 0.29) is 5.97 Å². The predicted octanol–water partition coefficient (Wildman–Crippen LogP) is 2.32. The molecule has 0 saturated carbocycles. The van der Waals surface area contributed by atoms with Crippen LogP contribution in [0.15, 0.2) is 18.2 Å². The van der Waals surface area contributed by atoms with Gasteiger partial charge in [0, 0.05) is 36.2 Å². The summed E-state index contributed by atoms with van der Waals surface area (Å²) in [5.41, 5.74) is 4.74. The van der Waals surface area contributed by atoms with Gasteiger partial charge in [-0.1, -0.05) is 18.2 Å². The van der Waals surface area contributed by atoms with Crippen molar-refractivity contribution in [2.24, 2.45) is 0 Å². The van der Waals surface area contributed by atoms with E-state index in [1.54, 1.807) is 0 Å². The summed E-state index contributed by atoms with van der Waals surface area (Å²) >= 11 is 0. The second-order valence-electron chi connectivity index (χ2n) is 5.36. The van der Waals surface area contributed by atoms with Crippen molar-refractivity contribution in [3.8, 4) is 0 Å². The summed E-state index contributed by atoms with van der Waals surface area (Å²) in [6.07, 6.45) is 0.875. The first-order valence-electron chi connectivity index (χ1n) is 6.79. The number of carbonyl (C=O) groups excluding carboxylic acids is 1. The molecule has 0 bridgehead atoms. The van der Waals surface area contributed by atoms with Crippen LogP contribution in [0.5, 0.6) is 0 Å². The Kier molecular flexibility index (Phi) is 3.18. The van der Waals surface area contributed by atoms with Gasteiger partial charge in [0.05, 0.1) is 18.2 Å². The van der Waals surface area contributed by atoms with Gasteiger partial charge < -0.3 is 9.64 Å². The van der Waals surface area contributed by atoms with E-state index in [2.05, 4.69) is 11.9 Å². The van der Waals surface area contributed by atoms with Crippen LogP contribution < -0.4 is 0 Å². The van der Waals surface area contributed by atoms with Crippen LogP contribution in [0.2, 0.25) is 0 Å². The van der Waals surface area contributed by atoms with E-state index < -0.39 is 0 Å². The van der Waals surface area contributed by atoms with Crippen molar-refractivity contribution >= 4 is 16.9 Å². The Balaban J connectivity index is 2.37. The van der Waals surface area contributed by atoms with E-state index in [1.807, 2.05) is 25.1 Å². The number of likely N-dealkylation sites (N-methyl/N-ethyl adjacent to an activating group) is 1. The molecular formula is C16H18N2O2. The Morgan fingerprint density at radius 2 is 2.20 bits per heavy atom. The molecule has 1 aromatic carbocycles. The normalized spacial score (nSPS) is 15.2. The maximum atomic E-state index is 12.2. The number of ether oxygens (including phenoxy) is 1. The summed E-state index contributed by atoms with van der Waals surface area (Å²) in [6, 6.07) is 5.94. The highest BCUT2D eigenvalue weighted by Gasteiger charge is 2.25. The Bertz CT molecular complexity index is 694. The van der Waals surface area contributed by atoms with Gasteiger partial charge in [0.25, 0.3) is 0 Å². The number of aromatic nitrogens is 1. The van der Waals surface area contributed by atoms with E-state index in [0.717, 1.165) is 47.2 Å². The molecule has 0 unspecified atom stereocenters. The van der Waals surface area contributed by atoms with Crippen LogP contribution in [-0.2, 0) is 17.7 Å². The maximum Gasteiger partial charge on any atom is 0.338 e. The number of hydrogen-bond acceptors (Lipinski definition) is 4. The van der Waals surface area contributed by atoms with Crippen LogP contribution in [0.25, 0.3) is 10.9 Å². The van der Waals surface area contributed by atoms with E-state index >= 15 is 0 Å². The Hall–Kier alpha value is -1.94. The Morgan fingerprint density at radius 1 is 1.40 bits per heavy atom. The number of para-hydroxylation sites is 1. The number of benzene rings is 1. The van der Waals surface area contributed by atoms with E-state index in [9.17, 15) is 4.79 Å². The van der Waals surface area contributed by atoms with Crippen LogP contribution in [-0.4, -0.2) is 36.6 Å². The molecule has 0 saturated heterocycles. The molecule has 2 aromatic rings. The Morgan fingerprint density at radius 3 is 2.95 bits per heavy atom. The van der Waals surface area contributed by atoms with Crippen molar-refractivity contribution in [3.05, 3.63) is 40.6 Å². The molecular weight excluding hydrogens is 252 g/mol. The van der Waals surface area contributed by atoms with Crippen molar-refractivity contribution in [2.75, 3.05) is 20.7 Å². The smallest absolute Gasteiger partial charge is 0.338 e. The molecule has 1 aliphatic heterocycles. The number of pyridine rings is 1. The van der Waals surface area contributed by atoms with Gasteiger partial charge in [-0.2, -0.15) is 0 Å². The summed E-state index contributed by atoms with van der Waals surface area (Å²) in [7, 11) is 3.49. The second-order valence-corrected chi connectivity index (χ2v) is 5.36. The van der Waals surface area contributed by atoms with Crippen molar-refractivity contribution in [1.82, 2.24) is 9.88 Å². The highest BCUT2D eigenvalue weighted by Crippen LogP contribution is 2.29. The molecule has 0 radical (unpaired) electrons. The number of aryl methyl sites for hydroxylation is 1. The first-order valence-corrected chi connectivity index (χ1v) is 6.79. The molecule has 2 heterocycles. The van der Waals surface area contributed by atoms with Gasteiger partial charge in [-0.25, -0.2) is 4.79 Å². The van der Waals surface area contributed by atoms with E-state index in [4.69, 9.17) is 9.72 Å². The molecule has 1 aliphatic rings. The van der Waals surface area contributed by atoms with Crippen LogP contribution in [0.1, 0.15) is 27.2 Å². The molecule has 1 aromatic heterocycles. The minimum atomic E-state index is -0.269. The first kappa shape index (κ1) is 13.1. The van der Waals surface area contributed by atoms with Gasteiger partial charge in [0.2, 0.25) is 0 Å². The topological polar surface area (TPSA) is 42.4 Å². The van der Waals surface area contributed by atoms with E-state index in [1.165, 1.54) is 7.11 Å². The van der Waals surface area contributed by atoms with Crippen LogP contribution in [0.4, 0.5) is 0 Å². The lowest BCUT2D eigenvalue weighted by molar-refractivity contribution is 0.0600. The molecule has 20 heavy (non-hydrogen) atoms. The van der Waals surface area contributed by atoms with Crippen molar-refractivity contribution in [2.45, 2.75) is 19.9 Å². The first-order chi connectivity index (χ1) is 9.61. The Labute approximate surface area is 118 Å². The molecule has 0 spiro atoms. The summed E-state index contributed by atoms with van der Waals surface area (Å²) in [6.45, 7) is 3.74. The SMILES string of the molecule is COC(=O)c1c2c(nc3c(C)cccc13)CCN(C)C2. The summed E-state index contributed by atoms with van der Waals surface area (Å²) in [5, 5.41) is 0.894. The number of rotatable bonds is 1. The number of carbonyl (C=O) groups is 1. The molecule has 104 valence electrons. The highest BCUT2D eigenvalue weighted by molar-refractivity contribution is 6.05. The van der Waals surface area contributed by atoms with Crippen LogP contribution in [0, 0.1) is 6.92 Å². The largest absolute Gasteiger partial charge is 0.465 e. The number of esters is 1. The minimum Gasteiger partial charge on any atom is -0.465 e. The zero-order valence-corrected chi connectivity index (χ0v) is 12.1. The van der Waals surface area contributed by atoms with Crippen molar-refractivity contribution in [1.29, 1.82) is 0 Å². The zero-order chi connectivity index (χ0) is 14.3. The molecule has 0 amide bonds.